The molecule has 0 saturated heterocycles. The normalized spacial score (nSPS) is 12.1. The Hall–Kier alpha value is -1.58. The molecule has 1 aromatic heterocycles. The molecule has 0 fully saturated rings. The molecule has 4 nitrogen and oxygen atoms in total. The van der Waals surface area contributed by atoms with Gasteiger partial charge in [-0.25, -0.2) is 0 Å². The first-order valence-corrected chi connectivity index (χ1v) is 6.95. The summed E-state index contributed by atoms with van der Waals surface area (Å²) in [5.41, 5.74) is 0. The predicted molar refractivity (Wildman–Crippen MR) is 71.9 cm³/mol. The number of carbonyl (C=O) groups is 2. The van der Waals surface area contributed by atoms with Gasteiger partial charge in [0.1, 0.15) is 5.92 Å². The second-order valence-corrected chi connectivity index (χ2v) is 4.50. The van der Waals surface area contributed by atoms with Gasteiger partial charge in [0.2, 0.25) is 5.78 Å². The molecule has 0 aromatic carbocycles. The molecule has 1 rings (SSSR count). The van der Waals surface area contributed by atoms with Crippen molar-refractivity contribution in [3.8, 4) is 0 Å². The molecule has 1 atom stereocenters. The lowest BCUT2D eigenvalue weighted by molar-refractivity contribution is -0.146. The second kappa shape index (κ2) is 8.51. The van der Waals surface area contributed by atoms with E-state index >= 15 is 0 Å². The Bertz CT molecular complexity index is 381. The molecule has 0 aliphatic carbocycles. The van der Waals surface area contributed by atoms with E-state index in [4.69, 9.17) is 9.15 Å². The lowest BCUT2D eigenvalue weighted by Crippen LogP contribution is -2.26. The number of ether oxygens (including phenoxy) is 1. The molecule has 1 aromatic rings. The maximum atomic E-state index is 12.2. The van der Waals surface area contributed by atoms with Crippen LogP contribution in [-0.2, 0) is 9.53 Å². The standard InChI is InChI=1S/C15H22O4/c1-3-5-6-7-9-12(15(17)18-4-2)14(16)13-10-8-11-19-13/h8,10-12H,3-7,9H2,1-2H3. The third kappa shape index (κ3) is 4.89. The molecule has 0 aliphatic heterocycles. The number of hydrogen-bond acceptors (Lipinski definition) is 4. The van der Waals surface area contributed by atoms with Crippen molar-refractivity contribution in [1.29, 1.82) is 0 Å². The van der Waals surface area contributed by atoms with Gasteiger partial charge in [-0.05, 0) is 25.5 Å². The van der Waals surface area contributed by atoms with Gasteiger partial charge < -0.3 is 9.15 Å². The molecule has 106 valence electrons. The van der Waals surface area contributed by atoms with E-state index in [1.807, 2.05) is 0 Å². The highest BCUT2D eigenvalue weighted by atomic mass is 16.5. The average molecular weight is 266 g/mol. The summed E-state index contributed by atoms with van der Waals surface area (Å²) < 4.78 is 10.1. The van der Waals surface area contributed by atoms with Crippen LogP contribution in [0.15, 0.2) is 22.8 Å². The van der Waals surface area contributed by atoms with Crippen molar-refractivity contribution >= 4 is 11.8 Å². The maximum Gasteiger partial charge on any atom is 0.316 e. The zero-order valence-electron chi connectivity index (χ0n) is 11.7. The van der Waals surface area contributed by atoms with E-state index in [1.165, 1.54) is 6.26 Å². The summed E-state index contributed by atoms with van der Waals surface area (Å²) in [5, 5.41) is 0. The molecule has 0 aliphatic rings. The summed E-state index contributed by atoms with van der Waals surface area (Å²) in [7, 11) is 0. The number of Topliss-reactive ketones (excluding diaryl/α,β-unsaturated/α-hetero) is 1. The Labute approximate surface area is 114 Å². The van der Waals surface area contributed by atoms with Crippen LogP contribution in [0.4, 0.5) is 0 Å². The number of carbonyl (C=O) groups excluding carboxylic acids is 2. The molecule has 0 spiro atoms. The first kappa shape index (κ1) is 15.5. The van der Waals surface area contributed by atoms with Crippen LogP contribution in [0.25, 0.3) is 0 Å². The summed E-state index contributed by atoms with van der Waals surface area (Å²) in [4.78, 5) is 24.1. The van der Waals surface area contributed by atoms with Crippen molar-refractivity contribution < 1.29 is 18.7 Å². The van der Waals surface area contributed by atoms with Crippen LogP contribution in [0.5, 0.6) is 0 Å². The van der Waals surface area contributed by atoms with Crippen LogP contribution in [0.3, 0.4) is 0 Å². The number of rotatable bonds is 9. The van der Waals surface area contributed by atoms with Crippen LogP contribution in [0, 0.1) is 5.92 Å². The quantitative estimate of drug-likeness (QED) is 0.296. The minimum Gasteiger partial charge on any atom is -0.465 e. The van der Waals surface area contributed by atoms with Gasteiger partial charge in [0.25, 0.3) is 0 Å². The predicted octanol–water partition coefficient (Wildman–Crippen LogP) is 3.61. The van der Waals surface area contributed by atoms with Gasteiger partial charge in [0, 0.05) is 0 Å². The number of hydrogen-bond donors (Lipinski definition) is 0. The van der Waals surface area contributed by atoms with Crippen molar-refractivity contribution in [3.63, 3.8) is 0 Å². The van der Waals surface area contributed by atoms with Gasteiger partial charge in [0.05, 0.1) is 12.9 Å². The summed E-state index contributed by atoms with van der Waals surface area (Å²) in [6.07, 6.45) is 6.08. The molecule has 0 N–H and O–H groups in total. The van der Waals surface area contributed by atoms with E-state index < -0.39 is 11.9 Å². The molecule has 0 bridgehead atoms. The molecular weight excluding hydrogens is 244 g/mol. The zero-order valence-corrected chi connectivity index (χ0v) is 11.7. The van der Waals surface area contributed by atoms with Gasteiger partial charge >= 0.3 is 5.97 Å². The molecule has 19 heavy (non-hydrogen) atoms. The highest BCUT2D eigenvalue weighted by molar-refractivity contribution is 6.07. The minimum absolute atomic E-state index is 0.230. The van der Waals surface area contributed by atoms with E-state index in [1.54, 1.807) is 19.1 Å². The molecule has 0 radical (unpaired) electrons. The first-order valence-electron chi connectivity index (χ1n) is 6.95. The fraction of sp³-hybridized carbons (Fsp3) is 0.600. The minimum atomic E-state index is -0.733. The molecular formula is C15H22O4. The second-order valence-electron chi connectivity index (χ2n) is 4.50. The Morgan fingerprint density at radius 3 is 2.63 bits per heavy atom. The summed E-state index contributed by atoms with van der Waals surface area (Å²) in [6.45, 7) is 4.15. The highest BCUT2D eigenvalue weighted by Gasteiger charge is 2.29. The Morgan fingerprint density at radius 1 is 1.26 bits per heavy atom. The Kier molecular flexibility index (Phi) is 6.93. The topological polar surface area (TPSA) is 56.5 Å². The number of furan rings is 1. The van der Waals surface area contributed by atoms with Gasteiger partial charge in [-0.3, -0.25) is 9.59 Å². The van der Waals surface area contributed by atoms with Crippen LogP contribution >= 0.6 is 0 Å². The Morgan fingerprint density at radius 2 is 2.05 bits per heavy atom. The van der Waals surface area contributed by atoms with Gasteiger partial charge in [-0.15, -0.1) is 0 Å². The molecule has 1 unspecified atom stereocenters. The molecule has 0 amide bonds. The SMILES string of the molecule is CCCCCCC(C(=O)OCC)C(=O)c1ccco1. The smallest absolute Gasteiger partial charge is 0.316 e. The number of ketones is 1. The monoisotopic (exact) mass is 266 g/mol. The van der Waals surface area contributed by atoms with Crippen LogP contribution < -0.4 is 0 Å². The van der Waals surface area contributed by atoms with Crippen molar-refractivity contribution in [2.75, 3.05) is 6.61 Å². The van der Waals surface area contributed by atoms with Crippen molar-refractivity contribution in [1.82, 2.24) is 0 Å². The van der Waals surface area contributed by atoms with Gasteiger partial charge in [-0.2, -0.15) is 0 Å². The zero-order chi connectivity index (χ0) is 14.1. The Balaban J connectivity index is 2.63. The van der Waals surface area contributed by atoms with Crippen molar-refractivity contribution in [3.05, 3.63) is 24.2 Å². The van der Waals surface area contributed by atoms with Gasteiger partial charge in [-0.1, -0.05) is 32.6 Å². The third-order valence-corrected chi connectivity index (χ3v) is 3.00. The van der Waals surface area contributed by atoms with Crippen LogP contribution in [0.1, 0.15) is 56.5 Å². The van der Waals surface area contributed by atoms with Crippen molar-refractivity contribution in [2.24, 2.45) is 5.92 Å². The van der Waals surface area contributed by atoms with E-state index in [-0.39, 0.29) is 18.2 Å². The lowest BCUT2D eigenvalue weighted by Gasteiger charge is -2.13. The summed E-state index contributed by atoms with van der Waals surface area (Å²) in [5.74, 6) is -1.23. The molecule has 4 heteroatoms. The van der Waals surface area contributed by atoms with E-state index in [2.05, 4.69) is 6.92 Å². The lowest BCUT2D eigenvalue weighted by atomic mass is 9.95. The van der Waals surface area contributed by atoms with Crippen LogP contribution in [0.2, 0.25) is 0 Å². The van der Waals surface area contributed by atoms with E-state index in [9.17, 15) is 9.59 Å². The summed E-state index contributed by atoms with van der Waals surface area (Å²) >= 11 is 0. The third-order valence-electron chi connectivity index (χ3n) is 3.00. The van der Waals surface area contributed by atoms with Gasteiger partial charge in [0.15, 0.2) is 5.76 Å². The first-order chi connectivity index (χ1) is 9.20. The van der Waals surface area contributed by atoms with Crippen molar-refractivity contribution in [2.45, 2.75) is 46.0 Å². The largest absolute Gasteiger partial charge is 0.465 e. The van der Waals surface area contributed by atoms with Crippen LogP contribution in [-0.4, -0.2) is 18.4 Å². The van der Waals surface area contributed by atoms with E-state index in [0.717, 1.165) is 25.7 Å². The average Bonchev–Trinajstić information content (AvgIpc) is 2.92. The number of esters is 1. The molecule has 1 heterocycles. The highest BCUT2D eigenvalue weighted by Crippen LogP contribution is 2.18. The molecule has 0 saturated carbocycles. The summed E-state index contributed by atoms with van der Waals surface area (Å²) in [6, 6.07) is 3.23. The fourth-order valence-corrected chi connectivity index (χ4v) is 1.96. The number of unbranched alkanes of at least 4 members (excludes halogenated alkanes) is 3. The fourth-order valence-electron chi connectivity index (χ4n) is 1.96. The van der Waals surface area contributed by atoms with E-state index in [0.29, 0.717) is 6.42 Å². The maximum absolute atomic E-state index is 12.2.